The van der Waals surface area contributed by atoms with E-state index in [1.165, 1.54) is 74.1 Å². The van der Waals surface area contributed by atoms with Gasteiger partial charge in [-0.15, -0.1) is 0 Å². The van der Waals surface area contributed by atoms with Gasteiger partial charge in [0.15, 0.2) is 23.0 Å². The molecule has 4 aliphatic heterocycles. The van der Waals surface area contributed by atoms with Gasteiger partial charge in [-0.3, -0.25) is 9.80 Å². The van der Waals surface area contributed by atoms with E-state index in [4.69, 9.17) is 18.9 Å². The van der Waals surface area contributed by atoms with Gasteiger partial charge in [0.05, 0.1) is 28.4 Å². The van der Waals surface area contributed by atoms with Crippen LogP contribution in [0.25, 0.3) is 0 Å². The number of likely N-dealkylation sites (tertiary alicyclic amines) is 2. The van der Waals surface area contributed by atoms with Crippen LogP contribution in [0.2, 0.25) is 0 Å². The number of hydrogen-bond acceptors (Lipinski definition) is 8. The first kappa shape index (κ1) is 30.9. The molecule has 232 valence electrons. The molecule has 2 aromatic carbocycles. The number of benzene rings is 2. The van der Waals surface area contributed by atoms with E-state index in [2.05, 4.69) is 58.0 Å². The average Bonchev–Trinajstić information content (AvgIpc) is 3.03. The van der Waals surface area contributed by atoms with Crippen LogP contribution >= 0.6 is 0 Å². The van der Waals surface area contributed by atoms with Crippen LogP contribution in [0.1, 0.15) is 47.9 Å². The third-order valence-electron chi connectivity index (χ3n) is 9.82. The van der Waals surface area contributed by atoms with E-state index in [1.807, 2.05) is 0 Å². The highest BCUT2D eigenvalue weighted by molar-refractivity contribution is 5.49. The van der Waals surface area contributed by atoms with Crippen LogP contribution in [0, 0.1) is 0 Å². The number of rotatable bonds is 6. The summed E-state index contributed by atoms with van der Waals surface area (Å²) in [5.74, 6) is 3.39. The second-order valence-electron chi connectivity index (χ2n) is 12.5. The molecule has 0 N–H and O–H groups in total. The number of piperidine rings is 2. The predicted octanol–water partition coefficient (Wildman–Crippen LogP) is 4.31. The van der Waals surface area contributed by atoms with Crippen LogP contribution in [0.3, 0.4) is 0 Å². The minimum Gasteiger partial charge on any atom is -0.493 e. The molecule has 8 nitrogen and oxygen atoms in total. The van der Waals surface area contributed by atoms with Gasteiger partial charge in [-0.05, 0) is 119 Å². The third-order valence-corrected chi connectivity index (χ3v) is 9.82. The van der Waals surface area contributed by atoms with Crippen molar-refractivity contribution in [3.63, 3.8) is 0 Å². The van der Waals surface area contributed by atoms with Gasteiger partial charge < -0.3 is 28.7 Å². The van der Waals surface area contributed by atoms with Crippen molar-refractivity contribution in [2.45, 2.75) is 63.7 Å². The Kier molecular flexibility index (Phi) is 10.5. The lowest BCUT2D eigenvalue weighted by atomic mass is 9.95. The summed E-state index contributed by atoms with van der Waals surface area (Å²) >= 11 is 0. The number of fused-ring (bicyclic) bond motifs is 2. The third kappa shape index (κ3) is 7.16. The molecule has 2 aromatic rings. The summed E-state index contributed by atoms with van der Waals surface area (Å²) < 4.78 is 21.7. The molecule has 0 radical (unpaired) electrons. The number of likely N-dealkylation sites (N-methyl/N-ethyl adjacent to an activating group) is 1. The first-order chi connectivity index (χ1) is 20.4. The maximum Gasteiger partial charge on any atom is 0.161 e. The lowest BCUT2D eigenvalue weighted by Gasteiger charge is -2.40. The van der Waals surface area contributed by atoms with Crippen molar-refractivity contribution in [2.75, 3.05) is 81.8 Å². The molecule has 2 fully saturated rings. The van der Waals surface area contributed by atoms with Crippen LogP contribution < -0.4 is 18.9 Å². The van der Waals surface area contributed by atoms with Crippen molar-refractivity contribution in [2.24, 2.45) is 0 Å². The fraction of sp³-hybridized carbons (Fsp3) is 0.647. The summed E-state index contributed by atoms with van der Waals surface area (Å²) in [6.45, 7) is 9.28. The SMILES string of the molecule is COc1cc2c(cc1OC)CN(C1CCCN(C)C1)CC2.COc1cc2c(cc1OC)CN(C1CCN(C)CC1)CC2. The van der Waals surface area contributed by atoms with Gasteiger partial charge in [-0.2, -0.15) is 0 Å². The fourth-order valence-electron chi connectivity index (χ4n) is 7.23. The van der Waals surface area contributed by atoms with Crippen molar-refractivity contribution in [3.8, 4) is 23.0 Å². The topological polar surface area (TPSA) is 49.9 Å². The largest absolute Gasteiger partial charge is 0.493 e. The van der Waals surface area contributed by atoms with Gasteiger partial charge in [0.2, 0.25) is 0 Å². The number of nitrogens with zero attached hydrogens (tertiary/aromatic N) is 4. The maximum absolute atomic E-state index is 5.45. The van der Waals surface area contributed by atoms with Gasteiger partial charge in [0.1, 0.15) is 0 Å². The van der Waals surface area contributed by atoms with Crippen molar-refractivity contribution >= 4 is 0 Å². The van der Waals surface area contributed by atoms with Gasteiger partial charge in [0, 0.05) is 44.8 Å². The normalized spacial score (nSPS) is 22.4. The monoisotopic (exact) mass is 580 g/mol. The Labute approximate surface area is 253 Å². The Balaban J connectivity index is 0.000000168. The summed E-state index contributed by atoms with van der Waals surface area (Å²) in [4.78, 5) is 10.2. The molecule has 42 heavy (non-hydrogen) atoms. The summed E-state index contributed by atoms with van der Waals surface area (Å²) in [6, 6.07) is 10.1. The molecule has 4 aliphatic rings. The van der Waals surface area contributed by atoms with E-state index in [0.717, 1.165) is 68.1 Å². The molecule has 2 saturated heterocycles. The Morgan fingerprint density at radius 1 is 0.524 bits per heavy atom. The average molecular weight is 581 g/mol. The predicted molar refractivity (Wildman–Crippen MR) is 168 cm³/mol. The van der Waals surface area contributed by atoms with E-state index in [-0.39, 0.29) is 0 Å². The van der Waals surface area contributed by atoms with Gasteiger partial charge in [0.25, 0.3) is 0 Å². The molecule has 0 aliphatic carbocycles. The van der Waals surface area contributed by atoms with Crippen molar-refractivity contribution < 1.29 is 18.9 Å². The number of hydrogen-bond donors (Lipinski definition) is 0. The number of methoxy groups -OCH3 is 4. The van der Waals surface area contributed by atoms with E-state index < -0.39 is 0 Å². The van der Waals surface area contributed by atoms with E-state index >= 15 is 0 Å². The summed E-state index contributed by atoms with van der Waals surface area (Å²) in [5, 5.41) is 0. The molecule has 6 rings (SSSR count). The standard InChI is InChI=1S/2C17H26N2O2/c1-18-7-5-15(6-8-18)19-9-4-13-10-16(20-2)17(21-3)11-14(13)12-19;1-18-7-4-5-15(12-18)19-8-6-13-9-16(20-2)17(21-3)10-14(13)11-19/h10-11,15H,4-9,12H2,1-3H3;9-10,15H,4-8,11-12H2,1-3H3. The summed E-state index contributed by atoms with van der Waals surface area (Å²) in [6.07, 6.45) is 7.44. The minimum atomic E-state index is 0.699. The maximum atomic E-state index is 5.45. The molecule has 0 spiro atoms. The van der Waals surface area contributed by atoms with Crippen molar-refractivity contribution in [3.05, 3.63) is 46.5 Å². The Bertz CT molecular complexity index is 1180. The Morgan fingerprint density at radius 3 is 1.43 bits per heavy atom. The zero-order chi connectivity index (χ0) is 29.6. The van der Waals surface area contributed by atoms with E-state index in [0.29, 0.717) is 6.04 Å². The molecule has 4 heterocycles. The second kappa shape index (κ2) is 14.3. The Hall–Kier alpha value is -2.52. The van der Waals surface area contributed by atoms with Gasteiger partial charge >= 0.3 is 0 Å². The molecule has 0 bridgehead atoms. The first-order valence-corrected chi connectivity index (χ1v) is 15.7. The zero-order valence-electron chi connectivity index (χ0n) is 26.8. The highest BCUT2D eigenvalue weighted by Gasteiger charge is 2.29. The highest BCUT2D eigenvalue weighted by atomic mass is 16.5. The molecule has 0 aromatic heterocycles. The van der Waals surface area contributed by atoms with E-state index in [9.17, 15) is 0 Å². The van der Waals surface area contributed by atoms with Crippen molar-refractivity contribution in [1.29, 1.82) is 0 Å². The zero-order valence-corrected chi connectivity index (χ0v) is 26.8. The van der Waals surface area contributed by atoms with Crippen LogP contribution in [-0.4, -0.2) is 113 Å². The Morgan fingerprint density at radius 2 is 0.976 bits per heavy atom. The quantitative estimate of drug-likeness (QED) is 0.501. The summed E-state index contributed by atoms with van der Waals surface area (Å²) in [5.41, 5.74) is 5.62. The molecule has 0 saturated carbocycles. The highest BCUT2D eigenvalue weighted by Crippen LogP contribution is 2.35. The molecule has 1 atom stereocenters. The lowest BCUT2D eigenvalue weighted by Crippen LogP contribution is -2.48. The van der Waals surface area contributed by atoms with Crippen LogP contribution in [0.4, 0.5) is 0 Å². The smallest absolute Gasteiger partial charge is 0.161 e. The molecule has 1 unspecified atom stereocenters. The van der Waals surface area contributed by atoms with Crippen LogP contribution in [0.15, 0.2) is 24.3 Å². The molecule has 0 amide bonds. The number of ether oxygens (including phenoxy) is 4. The lowest BCUT2D eigenvalue weighted by molar-refractivity contribution is 0.101. The molecule has 8 heteroatoms. The van der Waals surface area contributed by atoms with Crippen LogP contribution in [0.5, 0.6) is 23.0 Å². The molecular formula is C34H52N4O4. The molecular weight excluding hydrogens is 528 g/mol. The van der Waals surface area contributed by atoms with Gasteiger partial charge in [-0.1, -0.05) is 0 Å². The fourth-order valence-corrected chi connectivity index (χ4v) is 7.23. The summed E-state index contributed by atoms with van der Waals surface area (Å²) in [7, 11) is 11.3. The first-order valence-electron chi connectivity index (χ1n) is 15.7. The van der Waals surface area contributed by atoms with Crippen molar-refractivity contribution in [1.82, 2.24) is 19.6 Å². The van der Waals surface area contributed by atoms with E-state index in [1.54, 1.807) is 28.4 Å². The van der Waals surface area contributed by atoms with Gasteiger partial charge in [-0.25, -0.2) is 0 Å². The van der Waals surface area contributed by atoms with Crippen LogP contribution in [-0.2, 0) is 25.9 Å². The minimum absolute atomic E-state index is 0.699. The second-order valence-corrected chi connectivity index (χ2v) is 12.5.